The zero-order valence-corrected chi connectivity index (χ0v) is 9.01. The molecule has 4 heteroatoms. The molecule has 0 saturated heterocycles. The number of hydrogen-bond acceptors (Lipinski definition) is 1. The van der Waals surface area contributed by atoms with Gasteiger partial charge in [-0.2, -0.15) is 0 Å². The molecule has 1 N–H and O–H groups in total. The van der Waals surface area contributed by atoms with Gasteiger partial charge in [-0.25, -0.2) is 4.79 Å². The fourth-order valence-corrected chi connectivity index (χ4v) is 1.17. The van der Waals surface area contributed by atoms with Crippen LogP contribution in [0, 0.1) is 0 Å². The van der Waals surface area contributed by atoms with Crippen molar-refractivity contribution in [3.63, 3.8) is 0 Å². The first-order chi connectivity index (χ1) is 6.61. The maximum Gasteiger partial charge on any atom is 0.317 e. The summed E-state index contributed by atoms with van der Waals surface area (Å²) in [6.07, 6.45) is 0. The summed E-state index contributed by atoms with van der Waals surface area (Å²) in [5, 5.41) is 3.41. The number of hydrogen-bond donors (Lipinski definition) is 1. The molecule has 0 saturated carbocycles. The van der Waals surface area contributed by atoms with Gasteiger partial charge in [0.1, 0.15) is 0 Å². The number of halogens is 1. The van der Waals surface area contributed by atoms with Gasteiger partial charge < -0.3 is 10.2 Å². The molecule has 1 aromatic carbocycles. The number of nitrogens with zero attached hydrogens (tertiary/aromatic N) is 1. The largest absolute Gasteiger partial charge is 0.334 e. The van der Waals surface area contributed by atoms with E-state index in [0.29, 0.717) is 11.6 Å². The van der Waals surface area contributed by atoms with E-state index in [-0.39, 0.29) is 6.03 Å². The highest BCUT2D eigenvalue weighted by Gasteiger charge is 2.03. The second kappa shape index (κ2) is 4.86. The van der Waals surface area contributed by atoms with Gasteiger partial charge in [0.25, 0.3) is 0 Å². The normalized spacial score (nSPS) is 9.64. The summed E-state index contributed by atoms with van der Waals surface area (Å²) in [5.41, 5.74) is 0.921. The van der Waals surface area contributed by atoms with Crippen LogP contribution in [0.3, 0.4) is 0 Å². The Bertz CT molecular complexity index is 326. The van der Waals surface area contributed by atoms with Crippen LogP contribution in [0.4, 0.5) is 4.79 Å². The third-order valence-electron chi connectivity index (χ3n) is 1.79. The van der Waals surface area contributed by atoms with E-state index in [1.807, 2.05) is 18.2 Å². The number of rotatable bonds is 2. The molecule has 0 unspecified atom stereocenters. The summed E-state index contributed by atoms with van der Waals surface area (Å²) in [5.74, 6) is 0. The molecule has 0 fully saturated rings. The zero-order chi connectivity index (χ0) is 10.6. The van der Waals surface area contributed by atoms with Crippen molar-refractivity contribution in [2.45, 2.75) is 6.54 Å². The van der Waals surface area contributed by atoms with Gasteiger partial charge >= 0.3 is 6.03 Å². The Kier molecular flexibility index (Phi) is 3.77. The third kappa shape index (κ3) is 2.92. The van der Waals surface area contributed by atoms with Crippen molar-refractivity contribution in [3.05, 3.63) is 34.9 Å². The Labute approximate surface area is 88.7 Å². The van der Waals surface area contributed by atoms with Crippen molar-refractivity contribution in [1.82, 2.24) is 10.2 Å². The summed E-state index contributed by atoms with van der Waals surface area (Å²) in [6.45, 7) is 0.455. The Morgan fingerprint density at radius 3 is 2.64 bits per heavy atom. The number of amides is 2. The van der Waals surface area contributed by atoms with Gasteiger partial charge in [0.15, 0.2) is 0 Å². The second-order valence-electron chi connectivity index (χ2n) is 3.14. The smallest absolute Gasteiger partial charge is 0.317 e. The molecule has 1 aromatic rings. The van der Waals surface area contributed by atoms with E-state index in [0.717, 1.165) is 5.56 Å². The van der Waals surface area contributed by atoms with E-state index in [1.54, 1.807) is 20.2 Å². The van der Waals surface area contributed by atoms with Crippen molar-refractivity contribution in [2.75, 3.05) is 14.1 Å². The molecule has 0 atom stereocenters. The molecule has 14 heavy (non-hydrogen) atoms. The molecule has 0 spiro atoms. The Hall–Kier alpha value is -1.22. The summed E-state index contributed by atoms with van der Waals surface area (Å²) in [7, 11) is 3.39. The van der Waals surface area contributed by atoms with E-state index < -0.39 is 0 Å². The van der Waals surface area contributed by atoms with Crippen LogP contribution < -0.4 is 5.32 Å². The van der Waals surface area contributed by atoms with E-state index in [4.69, 9.17) is 11.6 Å². The van der Waals surface area contributed by atoms with Gasteiger partial charge in [-0.3, -0.25) is 0 Å². The molecule has 76 valence electrons. The summed E-state index contributed by atoms with van der Waals surface area (Å²) in [6, 6.07) is 7.32. The molecule has 0 aromatic heterocycles. The molecule has 0 heterocycles. The van der Waals surface area contributed by atoms with Crippen molar-refractivity contribution < 1.29 is 4.79 Å². The lowest BCUT2D eigenvalue weighted by molar-refractivity contribution is 0.217. The monoisotopic (exact) mass is 212 g/mol. The molecule has 0 aliphatic rings. The lowest BCUT2D eigenvalue weighted by atomic mass is 10.2. The minimum absolute atomic E-state index is 0.120. The van der Waals surface area contributed by atoms with Crippen molar-refractivity contribution in [3.8, 4) is 0 Å². The van der Waals surface area contributed by atoms with E-state index in [2.05, 4.69) is 5.32 Å². The van der Waals surface area contributed by atoms with Crippen LogP contribution in [0.1, 0.15) is 5.56 Å². The molecule has 2 amide bonds. The van der Waals surface area contributed by atoms with Gasteiger partial charge in [0, 0.05) is 25.7 Å². The minimum Gasteiger partial charge on any atom is -0.334 e. The minimum atomic E-state index is -0.120. The fraction of sp³-hybridized carbons (Fsp3) is 0.300. The molecule has 0 bridgehead atoms. The standard InChI is InChI=1S/C10H13ClN2O/c1-13(2)10(14)12-7-8-5-3-4-6-9(8)11/h3-6H,7H2,1-2H3,(H,12,14). The fourth-order valence-electron chi connectivity index (χ4n) is 0.971. The average Bonchev–Trinajstić information content (AvgIpc) is 2.16. The topological polar surface area (TPSA) is 32.3 Å². The Balaban J connectivity index is 2.54. The highest BCUT2D eigenvalue weighted by molar-refractivity contribution is 6.31. The van der Waals surface area contributed by atoms with E-state index in [1.165, 1.54) is 4.90 Å². The number of urea groups is 1. The van der Waals surface area contributed by atoms with Gasteiger partial charge in [0.05, 0.1) is 0 Å². The van der Waals surface area contributed by atoms with Crippen LogP contribution in [-0.4, -0.2) is 25.0 Å². The molecule has 0 aliphatic carbocycles. The van der Waals surface area contributed by atoms with E-state index >= 15 is 0 Å². The van der Waals surface area contributed by atoms with E-state index in [9.17, 15) is 4.79 Å². The van der Waals surface area contributed by atoms with Gasteiger partial charge in [-0.05, 0) is 11.6 Å². The van der Waals surface area contributed by atoms with Crippen LogP contribution in [0.15, 0.2) is 24.3 Å². The van der Waals surface area contributed by atoms with Crippen molar-refractivity contribution >= 4 is 17.6 Å². The number of benzene rings is 1. The Morgan fingerprint density at radius 1 is 1.43 bits per heavy atom. The van der Waals surface area contributed by atoms with Gasteiger partial charge in [-0.1, -0.05) is 29.8 Å². The summed E-state index contributed by atoms with van der Waals surface area (Å²) < 4.78 is 0. The second-order valence-corrected chi connectivity index (χ2v) is 3.55. The van der Waals surface area contributed by atoms with Crippen LogP contribution in [-0.2, 0) is 6.54 Å². The third-order valence-corrected chi connectivity index (χ3v) is 2.16. The highest BCUT2D eigenvalue weighted by atomic mass is 35.5. The first-order valence-electron chi connectivity index (χ1n) is 4.30. The first-order valence-corrected chi connectivity index (χ1v) is 4.67. The quantitative estimate of drug-likeness (QED) is 0.800. The lowest BCUT2D eigenvalue weighted by Gasteiger charge is -2.12. The van der Waals surface area contributed by atoms with Crippen LogP contribution in [0.2, 0.25) is 5.02 Å². The van der Waals surface area contributed by atoms with Gasteiger partial charge in [0.2, 0.25) is 0 Å². The summed E-state index contributed by atoms with van der Waals surface area (Å²) >= 11 is 5.92. The first kappa shape index (κ1) is 10.9. The molecule has 0 radical (unpaired) electrons. The lowest BCUT2D eigenvalue weighted by Crippen LogP contribution is -2.33. The highest BCUT2D eigenvalue weighted by Crippen LogP contribution is 2.14. The SMILES string of the molecule is CN(C)C(=O)NCc1ccccc1Cl. The number of carbonyl (C=O) groups is 1. The van der Waals surface area contributed by atoms with Crippen LogP contribution >= 0.6 is 11.6 Å². The van der Waals surface area contributed by atoms with Crippen LogP contribution in [0.25, 0.3) is 0 Å². The zero-order valence-electron chi connectivity index (χ0n) is 8.25. The predicted octanol–water partition coefficient (Wildman–Crippen LogP) is 2.11. The van der Waals surface area contributed by atoms with Crippen molar-refractivity contribution in [1.29, 1.82) is 0 Å². The molecule has 3 nitrogen and oxygen atoms in total. The van der Waals surface area contributed by atoms with Crippen molar-refractivity contribution in [2.24, 2.45) is 0 Å². The Morgan fingerprint density at radius 2 is 2.07 bits per heavy atom. The maximum atomic E-state index is 11.2. The number of carbonyl (C=O) groups excluding carboxylic acids is 1. The molecule has 0 aliphatic heterocycles. The molecular weight excluding hydrogens is 200 g/mol. The number of nitrogens with one attached hydrogen (secondary N) is 1. The predicted molar refractivity (Wildman–Crippen MR) is 57.4 cm³/mol. The van der Waals surface area contributed by atoms with Gasteiger partial charge in [-0.15, -0.1) is 0 Å². The van der Waals surface area contributed by atoms with Crippen LogP contribution in [0.5, 0.6) is 0 Å². The maximum absolute atomic E-state index is 11.2. The molecule has 1 rings (SSSR count). The summed E-state index contributed by atoms with van der Waals surface area (Å²) in [4.78, 5) is 12.7. The molecular formula is C10H13ClN2O. The average molecular weight is 213 g/mol.